The van der Waals surface area contributed by atoms with Crippen LogP contribution in [0.4, 0.5) is 0 Å². The van der Waals surface area contributed by atoms with Gasteiger partial charge in [0.05, 0.1) is 22.8 Å². The number of nitrogens with one attached hydrogen (secondary N) is 1. The molecule has 0 saturated heterocycles. The Morgan fingerprint density at radius 3 is 2.42 bits per heavy atom. The molecule has 0 bridgehead atoms. The second-order valence-electron chi connectivity index (χ2n) is 5.18. The van der Waals surface area contributed by atoms with Crippen LogP contribution >= 0.6 is 0 Å². The van der Waals surface area contributed by atoms with Crippen LogP contribution in [0.15, 0.2) is 52.0 Å². The maximum atomic E-state index is 11.9. The number of carbonyl (C=O) groups excluding carboxylic acids is 2. The number of furan rings is 1. The molecule has 0 unspecified atom stereocenters. The summed E-state index contributed by atoms with van der Waals surface area (Å²) in [5.74, 6) is -0.595. The van der Waals surface area contributed by atoms with E-state index in [9.17, 15) is 18.0 Å². The van der Waals surface area contributed by atoms with E-state index in [-0.39, 0.29) is 16.5 Å². The highest BCUT2D eigenvalue weighted by atomic mass is 32.2. The summed E-state index contributed by atoms with van der Waals surface area (Å²) in [6.07, 6.45) is 2.57. The van der Waals surface area contributed by atoms with E-state index >= 15 is 0 Å². The lowest BCUT2D eigenvalue weighted by Crippen LogP contribution is -2.30. The molecule has 128 valence electrons. The van der Waals surface area contributed by atoms with Crippen molar-refractivity contribution in [3.05, 3.63) is 54.0 Å². The number of carbonyl (C=O) groups is 2. The van der Waals surface area contributed by atoms with Gasteiger partial charge in [0.15, 0.2) is 16.4 Å². The summed E-state index contributed by atoms with van der Waals surface area (Å²) >= 11 is 0. The average molecular weight is 351 g/mol. The third kappa shape index (κ3) is 4.69. The molecule has 1 N–H and O–H groups in total. The molecule has 1 aromatic heterocycles. The molecule has 0 saturated carbocycles. The summed E-state index contributed by atoms with van der Waals surface area (Å²) in [5, 5.41) is 2.63. The van der Waals surface area contributed by atoms with E-state index in [1.165, 1.54) is 30.5 Å². The minimum atomic E-state index is -3.33. The normalized spacial score (nSPS) is 12.4. The van der Waals surface area contributed by atoms with Crippen molar-refractivity contribution in [1.29, 1.82) is 0 Å². The minimum absolute atomic E-state index is 0.101. The van der Waals surface area contributed by atoms with Crippen molar-refractivity contribution >= 4 is 21.7 Å². The second-order valence-corrected chi connectivity index (χ2v) is 7.19. The molecule has 0 radical (unpaired) electrons. The number of hydrogen-bond donors (Lipinski definition) is 1. The van der Waals surface area contributed by atoms with E-state index in [4.69, 9.17) is 9.15 Å². The van der Waals surface area contributed by atoms with Gasteiger partial charge < -0.3 is 14.5 Å². The smallest absolute Gasteiger partial charge is 0.338 e. The topological polar surface area (TPSA) is 103 Å². The number of hydrogen-bond acceptors (Lipinski definition) is 6. The van der Waals surface area contributed by atoms with E-state index in [1.54, 1.807) is 19.1 Å². The van der Waals surface area contributed by atoms with Crippen molar-refractivity contribution in [2.75, 3.05) is 12.9 Å². The standard InChI is InChI=1S/C16H17NO6S/c1-11(14-4-3-9-22-14)17-15(18)10-23-16(19)12-5-7-13(8-6-12)24(2,20)21/h3-9,11H,10H2,1-2H3,(H,17,18)/t11-/m1/s1. The van der Waals surface area contributed by atoms with Crippen molar-refractivity contribution in [3.63, 3.8) is 0 Å². The predicted octanol–water partition coefficient (Wildman–Crippen LogP) is 1.72. The van der Waals surface area contributed by atoms with Crippen LogP contribution in [0.1, 0.15) is 29.1 Å². The molecular weight excluding hydrogens is 334 g/mol. The van der Waals surface area contributed by atoms with Gasteiger partial charge in [-0.25, -0.2) is 13.2 Å². The summed E-state index contributed by atoms with van der Waals surface area (Å²) in [5.41, 5.74) is 0.161. The van der Waals surface area contributed by atoms with Crippen LogP contribution in [0.5, 0.6) is 0 Å². The van der Waals surface area contributed by atoms with Crippen LogP contribution < -0.4 is 5.32 Å². The summed E-state index contributed by atoms with van der Waals surface area (Å²) < 4.78 is 32.8. The summed E-state index contributed by atoms with van der Waals surface area (Å²) in [6.45, 7) is 1.29. The second kappa shape index (κ2) is 7.31. The highest BCUT2D eigenvalue weighted by Crippen LogP contribution is 2.13. The zero-order chi connectivity index (χ0) is 17.7. The Hall–Kier alpha value is -2.61. The lowest BCUT2D eigenvalue weighted by Gasteiger charge is -2.11. The third-order valence-corrected chi connectivity index (χ3v) is 4.33. The lowest BCUT2D eigenvalue weighted by molar-refractivity contribution is -0.125. The molecule has 24 heavy (non-hydrogen) atoms. The van der Waals surface area contributed by atoms with Gasteiger partial charge in [-0.3, -0.25) is 4.79 Å². The Morgan fingerprint density at radius 1 is 1.21 bits per heavy atom. The van der Waals surface area contributed by atoms with Crippen LogP contribution in [-0.4, -0.2) is 33.2 Å². The Balaban J connectivity index is 1.87. The average Bonchev–Trinajstić information content (AvgIpc) is 3.06. The number of esters is 1. The number of sulfone groups is 1. The van der Waals surface area contributed by atoms with E-state index in [2.05, 4.69) is 5.32 Å². The van der Waals surface area contributed by atoms with Crippen LogP contribution in [0.3, 0.4) is 0 Å². The van der Waals surface area contributed by atoms with E-state index in [0.29, 0.717) is 5.76 Å². The van der Waals surface area contributed by atoms with Crippen LogP contribution in [0, 0.1) is 0 Å². The van der Waals surface area contributed by atoms with Gasteiger partial charge in [-0.15, -0.1) is 0 Å². The van der Waals surface area contributed by atoms with Gasteiger partial charge in [-0.2, -0.15) is 0 Å². The first-order chi connectivity index (χ1) is 11.3. The fourth-order valence-electron chi connectivity index (χ4n) is 1.94. The molecule has 0 fully saturated rings. The number of amides is 1. The lowest BCUT2D eigenvalue weighted by atomic mass is 10.2. The Morgan fingerprint density at radius 2 is 1.88 bits per heavy atom. The zero-order valence-electron chi connectivity index (χ0n) is 13.2. The molecule has 1 amide bonds. The van der Waals surface area contributed by atoms with Crippen molar-refractivity contribution in [1.82, 2.24) is 5.32 Å². The quantitative estimate of drug-likeness (QED) is 0.795. The molecular formula is C16H17NO6S. The zero-order valence-corrected chi connectivity index (χ0v) is 14.0. The summed E-state index contributed by atoms with van der Waals surface area (Å²) in [7, 11) is -3.33. The van der Waals surface area contributed by atoms with Gasteiger partial charge in [0.2, 0.25) is 0 Å². The predicted molar refractivity (Wildman–Crippen MR) is 85.1 cm³/mol. The molecule has 7 nitrogen and oxygen atoms in total. The molecule has 2 rings (SSSR count). The maximum Gasteiger partial charge on any atom is 0.338 e. The van der Waals surface area contributed by atoms with Gasteiger partial charge >= 0.3 is 5.97 Å². The Kier molecular flexibility index (Phi) is 5.40. The summed E-state index contributed by atoms with van der Waals surface area (Å²) in [4.78, 5) is 23.7. The highest BCUT2D eigenvalue weighted by molar-refractivity contribution is 7.90. The number of benzene rings is 1. The fourth-order valence-corrected chi connectivity index (χ4v) is 2.58. The van der Waals surface area contributed by atoms with Crippen molar-refractivity contribution in [2.24, 2.45) is 0 Å². The molecule has 8 heteroatoms. The fraction of sp³-hybridized carbons (Fsp3) is 0.250. The van der Waals surface area contributed by atoms with Gasteiger partial charge in [0.25, 0.3) is 5.91 Å². The first-order valence-corrected chi connectivity index (χ1v) is 8.96. The summed E-state index contributed by atoms with van der Waals surface area (Å²) in [6, 6.07) is 8.37. The molecule has 2 aromatic rings. The first kappa shape index (κ1) is 17.7. The molecule has 0 aliphatic rings. The van der Waals surface area contributed by atoms with E-state index in [0.717, 1.165) is 6.26 Å². The number of ether oxygens (including phenoxy) is 1. The van der Waals surface area contributed by atoms with Crippen LogP contribution in [-0.2, 0) is 19.4 Å². The first-order valence-electron chi connectivity index (χ1n) is 7.07. The maximum absolute atomic E-state index is 11.9. The van der Waals surface area contributed by atoms with Crippen LogP contribution in [0.25, 0.3) is 0 Å². The molecule has 0 spiro atoms. The van der Waals surface area contributed by atoms with Crippen molar-refractivity contribution in [2.45, 2.75) is 17.9 Å². The van der Waals surface area contributed by atoms with Gasteiger partial charge in [-0.1, -0.05) is 0 Å². The molecule has 1 aromatic carbocycles. The molecule has 0 aliphatic carbocycles. The monoisotopic (exact) mass is 351 g/mol. The van der Waals surface area contributed by atoms with Gasteiger partial charge in [-0.05, 0) is 43.3 Å². The van der Waals surface area contributed by atoms with Crippen molar-refractivity contribution in [3.8, 4) is 0 Å². The van der Waals surface area contributed by atoms with E-state index < -0.39 is 28.3 Å². The molecule has 0 aliphatic heterocycles. The third-order valence-electron chi connectivity index (χ3n) is 3.20. The van der Waals surface area contributed by atoms with Crippen LogP contribution in [0.2, 0.25) is 0 Å². The largest absolute Gasteiger partial charge is 0.467 e. The van der Waals surface area contributed by atoms with Gasteiger partial charge in [0.1, 0.15) is 5.76 Å². The van der Waals surface area contributed by atoms with Gasteiger partial charge in [0, 0.05) is 6.26 Å². The Bertz CT molecular complexity index is 809. The molecule has 1 atom stereocenters. The van der Waals surface area contributed by atoms with Crippen molar-refractivity contribution < 1.29 is 27.2 Å². The minimum Gasteiger partial charge on any atom is -0.467 e. The Labute approximate surface area is 139 Å². The highest BCUT2D eigenvalue weighted by Gasteiger charge is 2.15. The SMILES string of the molecule is C[C@@H](NC(=O)COC(=O)c1ccc(S(C)(=O)=O)cc1)c1ccco1. The number of rotatable bonds is 6. The molecule has 1 heterocycles. The van der Waals surface area contributed by atoms with E-state index in [1.807, 2.05) is 0 Å².